The lowest BCUT2D eigenvalue weighted by atomic mass is 10.0. The Morgan fingerprint density at radius 3 is 2.44 bits per heavy atom. The number of hydrogen-bond acceptors (Lipinski definition) is 4. The van der Waals surface area contributed by atoms with Gasteiger partial charge >= 0.3 is 0 Å². The molecule has 2 aromatic heterocycles. The van der Waals surface area contributed by atoms with Crippen LogP contribution >= 0.6 is 0 Å². The SMILES string of the molecule is C=Cc1nc(C(N)=O)c(Cc2nc3ccccc3c3ccccc23)o1. The summed E-state index contributed by atoms with van der Waals surface area (Å²) >= 11 is 0. The van der Waals surface area contributed by atoms with E-state index in [1.165, 1.54) is 6.08 Å². The smallest absolute Gasteiger partial charge is 0.270 e. The summed E-state index contributed by atoms with van der Waals surface area (Å²) in [6, 6.07) is 16.0. The minimum Gasteiger partial charge on any atom is -0.441 e. The van der Waals surface area contributed by atoms with Crippen molar-refractivity contribution >= 4 is 33.7 Å². The molecule has 2 N–H and O–H groups in total. The Bertz CT molecular complexity index is 1130. The summed E-state index contributed by atoms with van der Waals surface area (Å²) in [4.78, 5) is 20.5. The fraction of sp³-hybridized carbons (Fsp3) is 0.0500. The van der Waals surface area contributed by atoms with Crippen molar-refractivity contribution in [1.29, 1.82) is 0 Å². The van der Waals surface area contributed by atoms with E-state index in [0.717, 1.165) is 27.4 Å². The summed E-state index contributed by atoms with van der Waals surface area (Å²) < 4.78 is 5.62. The zero-order valence-corrected chi connectivity index (χ0v) is 13.4. The van der Waals surface area contributed by atoms with Crippen LogP contribution in [0.1, 0.15) is 27.8 Å². The standard InChI is InChI=1S/C20H15N3O2/c1-2-18-23-19(20(21)24)17(25-18)11-16-14-9-4-3-7-12(14)13-8-5-6-10-15(13)22-16/h2-10H,1,11H2,(H2,21,24). The molecule has 2 heterocycles. The Labute approximate surface area is 143 Å². The molecule has 0 atom stereocenters. The highest BCUT2D eigenvalue weighted by Crippen LogP contribution is 2.28. The lowest BCUT2D eigenvalue weighted by Gasteiger charge is -2.09. The van der Waals surface area contributed by atoms with Crippen LogP contribution in [0.4, 0.5) is 0 Å². The minimum absolute atomic E-state index is 0.119. The molecule has 0 spiro atoms. The van der Waals surface area contributed by atoms with Gasteiger partial charge in [-0.15, -0.1) is 0 Å². The zero-order valence-electron chi connectivity index (χ0n) is 13.4. The first-order valence-corrected chi connectivity index (χ1v) is 7.85. The van der Waals surface area contributed by atoms with Gasteiger partial charge in [0.25, 0.3) is 5.91 Å². The second-order valence-electron chi connectivity index (χ2n) is 5.69. The molecule has 0 bridgehead atoms. The number of amides is 1. The van der Waals surface area contributed by atoms with Gasteiger partial charge < -0.3 is 10.2 Å². The van der Waals surface area contributed by atoms with Gasteiger partial charge in [0.15, 0.2) is 5.69 Å². The number of nitrogens with two attached hydrogens (primary N) is 1. The van der Waals surface area contributed by atoms with Crippen molar-refractivity contribution in [2.75, 3.05) is 0 Å². The molecule has 25 heavy (non-hydrogen) atoms. The largest absolute Gasteiger partial charge is 0.441 e. The summed E-state index contributed by atoms with van der Waals surface area (Å²) in [7, 11) is 0. The Balaban J connectivity index is 1.93. The number of carbonyl (C=O) groups is 1. The van der Waals surface area contributed by atoms with Gasteiger partial charge in [0, 0.05) is 10.8 Å². The van der Waals surface area contributed by atoms with Crippen LogP contribution in [0.25, 0.3) is 27.8 Å². The van der Waals surface area contributed by atoms with Crippen LogP contribution in [0.2, 0.25) is 0 Å². The Morgan fingerprint density at radius 2 is 1.72 bits per heavy atom. The van der Waals surface area contributed by atoms with Crippen molar-refractivity contribution in [3.8, 4) is 0 Å². The van der Waals surface area contributed by atoms with Crippen molar-refractivity contribution in [3.05, 3.63) is 78.1 Å². The molecule has 5 heteroatoms. The van der Waals surface area contributed by atoms with Crippen LogP contribution in [0.5, 0.6) is 0 Å². The molecule has 0 aliphatic heterocycles. The number of rotatable bonds is 4. The van der Waals surface area contributed by atoms with Crippen LogP contribution in [0, 0.1) is 0 Å². The van der Waals surface area contributed by atoms with Gasteiger partial charge in [-0.25, -0.2) is 4.98 Å². The van der Waals surface area contributed by atoms with Gasteiger partial charge in [-0.3, -0.25) is 9.78 Å². The van der Waals surface area contributed by atoms with Crippen LogP contribution < -0.4 is 5.73 Å². The van der Waals surface area contributed by atoms with E-state index in [-0.39, 0.29) is 11.6 Å². The third kappa shape index (κ3) is 2.55. The maximum Gasteiger partial charge on any atom is 0.270 e. The molecule has 4 rings (SSSR count). The molecule has 0 fully saturated rings. The highest BCUT2D eigenvalue weighted by molar-refractivity contribution is 6.06. The van der Waals surface area contributed by atoms with Crippen LogP contribution in [-0.2, 0) is 6.42 Å². The van der Waals surface area contributed by atoms with Gasteiger partial charge in [-0.2, -0.15) is 0 Å². The highest BCUT2D eigenvalue weighted by atomic mass is 16.4. The minimum atomic E-state index is -0.628. The first-order valence-electron chi connectivity index (χ1n) is 7.85. The molecule has 0 unspecified atom stereocenters. The third-order valence-corrected chi connectivity index (χ3v) is 4.14. The molecule has 1 amide bonds. The first-order chi connectivity index (χ1) is 12.2. The van der Waals surface area contributed by atoms with Crippen LogP contribution in [0.15, 0.2) is 59.5 Å². The fourth-order valence-electron chi connectivity index (χ4n) is 3.03. The number of carbonyl (C=O) groups excluding carboxylic acids is 1. The summed E-state index contributed by atoms with van der Waals surface area (Å²) in [6.07, 6.45) is 1.77. The summed E-state index contributed by atoms with van der Waals surface area (Å²) in [6.45, 7) is 3.62. The molecule has 0 radical (unpaired) electrons. The van der Waals surface area contributed by atoms with Crippen molar-refractivity contribution in [2.24, 2.45) is 5.73 Å². The van der Waals surface area contributed by atoms with E-state index >= 15 is 0 Å². The van der Waals surface area contributed by atoms with E-state index in [9.17, 15) is 4.79 Å². The van der Waals surface area contributed by atoms with Crippen molar-refractivity contribution in [2.45, 2.75) is 6.42 Å². The molecule has 0 aliphatic carbocycles. The summed E-state index contributed by atoms with van der Waals surface area (Å²) in [5, 5.41) is 3.20. The molecular weight excluding hydrogens is 314 g/mol. The van der Waals surface area contributed by atoms with Gasteiger partial charge in [-0.05, 0) is 17.5 Å². The maximum absolute atomic E-state index is 11.7. The lowest BCUT2D eigenvalue weighted by molar-refractivity contribution is 0.0994. The van der Waals surface area contributed by atoms with Crippen molar-refractivity contribution < 1.29 is 9.21 Å². The molecular formula is C20H15N3O2. The molecule has 0 aliphatic rings. The van der Waals surface area contributed by atoms with Crippen molar-refractivity contribution in [3.63, 3.8) is 0 Å². The number of nitrogens with zero attached hydrogens (tertiary/aromatic N) is 2. The van der Waals surface area contributed by atoms with E-state index < -0.39 is 5.91 Å². The van der Waals surface area contributed by atoms with Gasteiger partial charge in [0.05, 0.1) is 17.6 Å². The number of benzene rings is 2. The summed E-state index contributed by atoms with van der Waals surface area (Å²) in [5.74, 6) is 0.0428. The Hall–Kier alpha value is -3.47. The number of oxazole rings is 1. The van der Waals surface area contributed by atoms with Crippen LogP contribution in [-0.4, -0.2) is 15.9 Å². The normalized spacial score (nSPS) is 11.0. The Morgan fingerprint density at radius 1 is 1.04 bits per heavy atom. The number of aromatic nitrogens is 2. The third-order valence-electron chi connectivity index (χ3n) is 4.14. The van der Waals surface area contributed by atoms with Gasteiger partial charge in [-0.1, -0.05) is 49.0 Å². The topological polar surface area (TPSA) is 82.0 Å². The number of primary amides is 1. The lowest BCUT2D eigenvalue weighted by Crippen LogP contribution is -2.14. The molecule has 2 aromatic carbocycles. The fourth-order valence-corrected chi connectivity index (χ4v) is 3.03. The highest BCUT2D eigenvalue weighted by Gasteiger charge is 2.19. The van der Waals surface area contributed by atoms with Crippen LogP contribution in [0.3, 0.4) is 0 Å². The predicted molar refractivity (Wildman–Crippen MR) is 97.2 cm³/mol. The first kappa shape index (κ1) is 15.1. The maximum atomic E-state index is 11.7. The number of para-hydroxylation sites is 1. The van der Waals surface area contributed by atoms with E-state index in [0.29, 0.717) is 12.2 Å². The monoisotopic (exact) mass is 329 g/mol. The molecule has 4 aromatic rings. The second kappa shape index (κ2) is 5.87. The zero-order chi connectivity index (χ0) is 17.4. The van der Waals surface area contributed by atoms with E-state index in [2.05, 4.69) is 17.6 Å². The number of fused-ring (bicyclic) bond motifs is 3. The molecule has 0 saturated heterocycles. The quantitative estimate of drug-likeness (QED) is 0.579. The van der Waals surface area contributed by atoms with Gasteiger partial charge in [0.2, 0.25) is 5.89 Å². The van der Waals surface area contributed by atoms with Crippen molar-refractivity contribution in [1.82, 2.24) is 9.97 Å². The van der Waals surface area contributed by atoms with Gasteiger partial charge in [0.1, 0.15) is 5.76 Å². The summed E-state index contributed by atoms with van der Waals surface area (Å²) in [5.41, 5.74) is 7.24. The van der Waals surface area contributed by atoms with E-state index in [1.54, 1.807) is 0 Å². The molecule has 0 saturated carbocycles. The Kier molecular flexibility index (Phi) is 3.54. The second-order valence-corrected chi connectivity index (χ2v) is 5.69. The average Bonchev–Trinajstić information content (AvgIpc) is 3.05. The van der Waals surface area contributed by atoms with E-state index in [4.69, 9.17) is 15.1 Å². The molecule has 5 nitrogen and oxygen atoms in total. The molecule has 122 valence electrons. The number of pyridine rings is 1. The average molecular weight is 329 g/mol. The van der Waals surface area contributed by atoms with E-state index in [1.807, 2.05) is 42.5 Å². The number of hydrogen-bond donors (Lipinski definition) is 1. The predicted octanol–water partition coefficient (Wildman–Crippen LogP) is 3.71.